The Morgan fingerprint density at radius 1 is 1.15 bits per heavy atom. The molecule has 2 saturated heterocycles. The lowest BCUT2D eigenvalue weighted by Gasteiger charge is -2.46. The number of carboxylic acid groups (broad SMARTS) is 1. The smallest absolute Gasteiger partial charge is 0.315 e. The van der Waals surface area contributed by atoms with Gasteiger partial charge in [-0.1, -0.05) is 39.8 Å². The van der Waals surface area contributed by atoms with Gasteiger partial charge in [-0.25, -0.2) is 4.79 Å². The first-order valence-corrected chi connectivity index (χ1v) is 14.2. The molecule has 10 N–H and O–H groups in total. The van der Waals surface area contributed by atoms with Crippen LogP contribution in [-0.4, -0.2) is 116 Å². The number of urea groups is 1. The zero-order chi connectivity index (χ0) is 31.1. The van der Waals surface area contributed by atoms with E-state index in [1.54, 1.807) is 26.8 Å². The van der Waals surface area contributed by atoms with Crippen LogP contribution in [0.1, 0.15) is 60.3 Å². The maximum absolute atomic E-state index is 12.6. The van der Waals surface area contributed by atoms with Gasteiger partial charge in [-0.05, 0) is 18.8 Å². The Morgan fingerprint density at radius 3 is 2.39 bits per heavy atom. The third-order valence-corrected chi connectivity index (χ3v) is 7.32. The molecular formula is C27H49N3O11. The average Bonchev–Trinajstić information content (AvgIpc) is 2.86. The molecule has 0 saturated carbocycles. The molecular weight excluding hydrogens is 542 g/mol. The van der Waals surface area contributed by atoms with Gasteiger partial charge in [0.05, 0.1) is 55.1 Å². The molecule has 0 aliphatic carbocycles. The molecule has 0 bridgehead atoms. The standard InChI is InChI=1S/C27H49N3O11/c1-13(2)6-7-16(40-25-24(36)21(28)23(35)15(5)39-25)10-19-22(30-26(37)29-9-8-20(33)34)18(32)12-27(38,41-19)11-17(31)14(3)4/h6-7,13-19,21-25,31-32,35-36,38H,8-12,28H2,1-5H3,(H,33,34)(H2,29,30,37)/b7-6+/t15?,16-,17+,18-,19-,21?,22?,23?,24?,25?,27+/m0/s1. The number of ether oxygens (including phenoxy) is 3. The van der Waals surface area contributed by atoms with Crippen molar-refractivity contribution in [2.45, 2.75) is 127 Å². The second-order valence-electron chi connectivity index (χ2n) is 11.8. The van der Waals surface area contributed by atoms with E-state index in [2.05, 4.69) is 10.6 Å². The third kappa shape index (κ3) is 10.7. The van der Waals surface area contributed by atoms with Gasteiger partial charge in [-0.15, -0.1) is 0 Å². The summed E-state index contributed by atoms with van der Waals surface area (Å²) in [5.41, 5.74) is 5.96. The first-order valence-electron chi connectivity index (χ1n) is 14.2. The number of amides is 2. The highest BCUT2D eigenvalue weighted by Crippen LogP contribution is 2.35. The van der Waals surface area contributed by atoms with Crippen LogP contribution in [0.15, 0.2) is 12.2 Å². The molecule has 2 amide bonds. The van der Waals surface area contributed by atoms with Crippen molar-refractivity contribution in [1.82, 2.24) is 10.6 Å². The number of rotatable bonds is 13. The predicted octanol–water partition coefficient (Wildman–Crippen LogP) is -0.844. The predicted molar refractivity (Wildman–Crippen MR) is 146 cm³/mol. The van der Waals surface area contributed by atoms with Crippen LogP contribution in [0.4, 0.5) is 4.79 Å². The van der Waals surface area contributed by atoms with Crippen LogP contribution < -0.4 is 16.4 Å². The van der Waals surface area contributed by atoms with Crippen molar-refractivity contribution in [1.29, 1.82) is 0 Å². The van der Waals surface area contributed by atoms with Crippen LogP contribution in [0, 0.1) is 11.8 Å². The van der Waals surface area contributed by atoms with Gasteiger partial charge in [0.25, 0.3) is 0 Å². The molecule has 2 heterocycles. The van der Waals surface area contributed by atoms with E-state index in [0.29, 0.717) is 0 Å². The largest absolute Gasteiger partial charge is 0.481 e. The fourth-order valence-electron chi connectivity index (χ4n) is 4.78. The summed E-state index contributed by atoms with van der Waals surface area (Å²) in [7, 11) is 0. The lowest BCUT2D eigenvalue weighted by molar-refractivity contribution is -0.303. The fraction of sp³-hybridized carbons (Fsp3) is 0.852. The molecule has 14 heteroatoms. The summed E-state index contributed by atoms with van der Waals surface area (Å²) in [5, 5.41) is 67.4. The van der Waals surface area contributed by atoms with Crippen LogP contribution in [0.3, 0.4) is 0 Å². The molecule has 6 unspecified atom stereocenters. The highest BCUT2D eigenvalue weighted by molar-refractivity contribution is 5.75. The number of nitrogens with one attached hydrogen (secondary N) is 2. The summed E-state index contributed by atoms with van der Waals surface area (Å²) >= 11 is 0. The molecule has 238 valence electrons. The Labute approximate surface area is 240 Å². The van der Waals surface area contributed by atoms with E-state index < -0.39 is 78.9 Å². The number of hydrogen-bond acceptors (Lipinski definition) is 11. The fourth-order valence-corrected chi connectivity index (χ4v) is 4.78. The molecule has 2 rings (SSSR count). The van der Waals surface area contributed by atoms with Gasteiger partial charge in [-0.2, -0.15) is 0 Å². The molecule has 14 nitrogen and oxygen atoms in total. The zero-order valence-electron chi connectivity index (χ0n) is 24.4. The Kier molecular flexibility index (Phi) is 13.4. The maximum atomic E-state index is 12.6. The monoisotopic (exact) mass is 591 g/mol. The van der Waals surface area contributed by atoms with E-state index >= 15 is 0 Å². The van der Waals surface area contributed by atoms with Crippen LogP contribution in [-0.2, 0) is 19.0 Å². The number of aliphatic hydroxyl groups is 5. The number of carboxylic acids is 1. The van der Waals surface area contributed by atoms with Crippen LogP contribution in [0.5, 0.6) is 0 Å². The number of carbonyl (C=O) groups is 2. The lowest BCUT2D eigenvalue weighted by atomic mass is 9.86. The molecule has 2 aliphatic rings. The van der Waals surface area contributed by atoms with E-state index in [-0.39, 0.29) is 44.1 Å². The number of nitrogens with two attached hydrogens (primary N) is 1. The molecule has 0 aromatic heterocycles. The molecule has 0 radical (unpaired) electrons. The first kappa shape index (κ1) is 35.3. The minimum atomic E-state index is -1.93. The second kappa shape index (κ2) is 15.5. The number of aliphatic hydroxyl groups excluding tert-OH is 4. The molecule has 0 aromatic carbocycles. The lowest BCUT2D eigenvalue weighted by Crippen LogP contribution is -2.64. The highest BCUT2D eigenvalue weighted by atomic mass is 16.7. The van der Waals surface area contributed by atoms with Crippen molar-refractivity contribution in [3.63, 3.8) is 0 Å². The van der Waals surface area contributed by atoms with Gasteiger partial charge < -0.3 is 61.2 Å². The van der Waals surface area contributed by atoms with Crippen LogP contribution in [0.2, 0.25) is 0 Å². The maximum Gasteiger partial charge on any atom is 0.315 e. The molecule has 11 atom stereocenters. The van der Waals surface area contributed by atoms with Gasteiger partial charge in [-0.3, -0.25) is 4.79 Å². The minimum absolute atomic E-state index is 0.0425. The highest BCUT2D eigenvalue weighted by Gasteiger charge is 2.49. The topological polar surface area (TPSA) is 233 Å². The van der Waals surface area contributed by atoms with E-state index in [1.807, 2.05) is 19.9 Å². The second-order valence-corrected chi connectivity index (χ2v) is 11.8. The third-order valence-electron chi connectivity index (χ3n) is 7.32. The SMILES string of the molecule is CC(C)/C=C/[C@@H](C[C@@H]1O[C@](O)(C[C@@H](O)C(C)C)C[C@H](O)C1NC(=O)NCCC(=O)O)OC1OC(C)C(O)C(N)C1O. The summed E-state index contributed by atoms with van der Waals surface area (Å²) in [6.45, 7) is 8.86. The summed E-state index contributed by atoms with van der Waals surface area (Å²) in [5.74, 6) is -3.12. The van der Waals surface area contributed by atoms with E-state index in [1.165, 1.54) is 0 Å². The van der Waals surface area contributed by atoms with Crippen LogP contribution >= 0.6 is 0 Å². The van der Waals surface area contributed by atoms with E-state index in [0.717, 1.165) is 0 Å². The summed E-state index contributed by atoms with van der Waals surface area (Å²) < 4.78 is 17.8. The van der Waals surface area contributed by atoms with Gasteiger partial charge in [0.2, 0.25) is 0 Å². The number of hydrogen-bond donors (Lipinski definition) is 9. The molecule has 2 fully saturated rings. The Balaban J connectivity index is 2.32. The van der Waals surface area contributed by atoms with Crippen LogP contribution in [0.25, 0.3) is 0 Å². The van der Waals surface area contributed by atoms with Crippen molar-refractivity contribution >= 4 is 12.0 Å². The van der Waals surface area contributed by atoms with E-state index in [9.17, 15) is 35.1 Å². The van der Waals surface area contributed by atoms with Crippen molar-refractivity contribution in [2.75, 3.05) is 6.54 Å². The van der Waals surface area contributed by atoms with Crippen molar-refractivity contribution in [2.24, 2.45) is 17.6 Å². The molecule has 2 aliphatic heterocycles. The number of aliphatic carboxylic acids is 1. The summed E-state index contributed by atoms with van der Waals surface area (Å²) in [4.78, 5) is 23.4. The van der Waals surface area contributed by atoms with E-state index in [4.69, 9.17) is 25.1 Å². The molecule has 41 heavy (non-hydrogen) atoms. The minimum Gasteiger partial charge on any atom is -0.481 e. The Hall–Kier alpha value is -1.88. The Morgan fingerprint density at radius 2 is 1.80 bits per heavy atom. The molecule has 0 aromatic rings. The van der Waals surface area contributed by atoms with Crippen molar-refractivity contribution < 1.29 is 54.4 Å². The average molecular weight is 592 g/mol. The number of carbonyl (C=O) groups excluding carboxylic acids is 1. The van der Waals surface area contributed by atoms with Gasteiger partial charge in [0, 0.05) is 25.8 Å². The van der Waals surface area contributed by atoms with Crippen molar-refractivity contribution in [3.05, 3.63) is 12.2 Å². The zero-order valence-corrected chi connectivity index (χ0v) is 24.4. The first-order chi connectivity index (χ1) is 19.0. The molecule has 0 spiro atoms. The normalized spacial score (nSPS) is 35.9. The quantitative estimate of drug-likeness (QED) is 0.119. The van der Waals surface area contributed by atoms with Gasteiger partial charge >= 0.3 is 12.0 Å². The summed E-state index contributed by atoms with van der Waals surface area (Å²) in [6.07, 6.45) is -5.86. The number of allylic oxidation sites excluding steroid dienone is 1. The van der Waals surface area contributed by atoms with Gasteiger partial charge in [0.15, 0.2) is 12.1 Å². The Bertz CT molecular complexity index is 875. The van der Waals surface area contributed by atoms with Crippen molar-refractivity contribution in [3.8, 4) is 0 Å². The van der Waals surface area contributed by atoms with Gasteiger partial charge in [0.1, 0.15) is 6.10 Å². The summed E-state index contributed by atoms with van der Waals surface area (Å²) in [6, 6.07) is -2.83.